The number of halogens is 3. The lowest BCUT2D eigenvalue weighted by Gasteiger charge is -2.36. The Balaban J connectivity index is 1.45. The molecule has 0 unspecified atom stereocenters. The minimum Gasteiger partial charge on any atom is -0.371 e. The summed E-state index contributed by atoms with van der Waals surface area (Å²) in [6, 6.07) is 11.0. The molecule has 9 heteroatoms. The highest BCUT2D eigenvalue weighted by Gasteiger charge is 2.33. The van der Waals surface area contributed by atoms with Crippen molar-refractivity contribution in [2.24, 2.45) is 0 Å². The molecule has 0 aromatic heterocycles. The summed E-state index contributed by atoms with van der Waals surface area (Å²) in [6.07, 6.45) is -4.62. The highest BCUT2D eigenvalue weighted by molar-refractivity contribution is 7.86. The predicted molar refractivity (Wildman–Crippen MR) is 91.0 cm³/mol. The van der Waals surface area contributed by atoms with E-state index in [9.17, 15) is 21.6 Å². The quantitative estimate of drug-likeness (QED) is 0.741. The maximum atomic E-state index is 12.5. The Kier molecular flexibility index (Phi) is 5.57. The summed E-state index contributed by atoms with van der Waals surface area (Å²) < 4.78 is 72.4. The second-order valence-electron chi connectivity index (χ2n) is 6.32. The third kappa shape index (κ3) is 5.07. The molecule has 1 aliphatic rings. The van der Waals surface area contributed by atoms with Crippen molar-refractivity contribution in [3.63, 3.8) is 0 Å². The highest BCUT2D eigenvalue weighted by atomic mass is 32.2. The second kappa shape index (κ2) is 7.59. The average molecular weight is 401 g/mol. The Morgan fingerprint density at radius 3 is 2.19 bits per heavy atom. The molecule has 0 saturated carbocycles. The summed E-state index contributed by atoms with van der Waals surface area (Å²) in [5.41, 5.74) is 0.833. The smallest absolute Gasteiger partial charge is 0.371 e. The standard InChI is InChI=1S/C18H18F3NO4S/c1-13-2-8-17(9-3-13)27(23,24)26-22-10-16(11-22)25-12-14-4-6-15(7-5-14)18(19,20)21/h2-9,16H,10-12H2,1H3. The largest absolute Gasteiger partial charge is 0.416 e. The highest BCUT2D eigenvalue weighted by Crippen LogP contribution is 2.29. The number of hydroxylamine groups is 2. The van der Waals surface area contributed by atoms with E-state index in [1.165, 1.54) is 29.3 Å². The van der Waals surface area contributed by atoms with Crippen molar-refractivity contribution in [3.8, 4) is 0 Å². The van der Waals surface area contributed by atoms with E-state index >= 15 is 0 Å². The molecule has 0 amide bonds. The number of alkyl halides is 3. The third-order valence-electron chi connectivity index (χ3n) is 4.09. The Hall–Kier alpha value is -1.94. The molecule has 1 aliphatic heterocycles. The van der Waals surface area contributed by atoms with E-state index in [0.29, 0.717) is 5.56 Å². The van der Waals surface area contributed by atoms with Gasteiger partial charge in [-0.25, -0.2) is 0 Å². The van der Waals surface area contributed by atoms with Crippen molar-refractivity contribution in [1.29, 1.82) is 0 Å². The van der Waals surface area contributed by atoms with Gasteiger partial charge in [0.1, 0.15) is 0 Å². The summed E-state index contributed by atoms with van der Waals surface area (Å²) in [5, 5.41) is 1.27. The summed E-state index contributed by atoms with van der Waals surface area (Å²) in [7, 11) is -3.88. The molecule has 27 heavy (non-hydrogen) atoms. The first kappa shape index (κ1) is 19.8. The fourth-order valence-electron chi connectivity index (χ4n) is 2.46. The van der Waals surface area contributed by atoms with Gasteiger partial charge in [0.25, 0.3) is 0 Å². The number of hydrogen-bond acceptors (Lipinski definition) is 5. The zero-order valence-electron chi connectivity index (χ0n) is 14.4. The first-order valence-corrected chi connectivity index (χ1v) is 9.58. The molecule has 0 aliphatic carbocycles. The van der Waals surface area contributed by atoms with E-state index in [4.69, 9.17) is 9.02 Å². The third-order valence-corrected chi connectivity index (χ3v) is 5.35. The van der Waals surface area contributed by atoms with Gasteiger partial charge in [-0.3, -0.25) is 0 Å². The minimum absolute atomic E-state index is 0.0715. The number of aryl methyl sites for hydroxylation is 1. The van der Waals surface area contributed by atoms with Crippen molar-refractivity contribution >= 4 is 10.1 Å². The molecular formula is C18H18F3NO4S. The number of benzene rings is 2. The normalized spacial score (nSPS) is 16.3. The van der Waals surface area contributed by atoms with Crippen LogP contribution in [-0.2, 0) is 31.9 Å². The van der Waals surface area contributed by atoms with Crippen LogP contribution in [0.5, 0.6) is 0 Å². The predicted octanol–water partition coefficient (Wildman–Crippen LogP) is 3.54. The van der Waals surface area contributed by atoms with Crippen LogP contribution in [0, 0.1) is 6.92 Å². The SMILES string of the molecule is Cc1ccc(S(=O)(=O)ON2CC(OCc3ccc(C(F)(F)F)cc3)C2)cc1. The van der Waals surface area contributed by atoms with Crippen molar-refractivity contribution in [2.75, 3.05) is 13.1 Å². The molecule has 0 bridgehead atoms. The lowest BCUT2D eigenvalue weighted by atomic mass is 10.1. The van der Waals surface area contributed by atoms with E-state index in [1.807, 2.05) is 6.92 Å². The van der Waals surface area contributed by atoms with E-state index in [-0.39, 0.29) is 30.7 Å². The van der Waals surface area contributed by atoms with E-state index in [0.717, 1.165) is 17.7 Å². The van der Waals surface area contributed by atoms with E-state index in [2.05, 4.69) is 0 Å². The van der Waals surface area contributed by atoms with Crippen LogP contribution in [0.25, 0.3) is 0 Å². The number of hydrogen-bond donors (Lipinski definition) is 0. The van der Waals surface area contributed by atoms with Crippen LogP contribution in [0.15, 0.2) is 53.4 Å². The van der Waals surface area contributed by atoms with Crippen LogP contribution >= 0.6 is 0 Å². The molecule has 5 nitrogen and oxygen atoms in total. The van der Waals surface area contributed by atoms with Crippen LogP contribution in [0.4, 0.5) is 13.2 Å². The second-order valence-corrected chi connectivity index (χ2v) is 7.85. The molecule has 3 rings (SSSR count). The van der Waals surface area contributed by atoms with Gasteiger partial charge in [0.2, 0.25) is 0 Å². The van der Waals surface area contributed by atoms with Crippen LogP contribution in [0.1, 0.15) is 16.7 Å². The van der Waals surface area contributed by atoms with Gasteiger partial charge in [0, 0.05) is 0 Å². The van der Waals surface area contributed by atoms with Gasteiger partial charge >= 0.3 is 16.3 Å². The van der Waals surface area contributed by atoms with Crippen molar-refractivity contribution in [3.05, 3.63) is 65.2 Å². The van der Waals surface area contributed by atoms with Gasteiger partial charge < -0.3 is 4.74 Å². The number of ether oxygens (including phenoxy) is 1. The lowest BCUT2D eigenvalue weighted by molar-refractivity contribution is -0.184. The van der Waals surface area contributed by atoms with E-state index < -0.39 is 21.9 Å². The fraction of sp³-hybridized carbons (Fsp3) is 0.333. The molecule has 1 saturated heterocycles. The van der Waals surface area contributed by atoms with Gasteiger partial charge in [-0.1, -0.05) is 29.8 Å². The Morgan fingerprint density at radius 1 is 1.04 bits per heavy atom. The molecule has 0 radical (unpaired) electrons. The monoisotopic (exact) mass is 401 g/mol. The van der Waals surface area contributed by atoms with Crippen molar-refractivity contribution in [2.45, 2.75) is 30.7 Å². The fourth-order valence-corrected chi connectivity index (χ4v) is 3.41. The molecule has 0 atom stereocenters. The molecule has 0 spiro atoms. The van der Waals surface area contributed by atoms with Gasteiger partial charge in [-0.05, 0) is 36.8 Å². The summed E-state index contributed by atoms with van der Waals surface area (Å²) in [6.45, 7) is 2.50. The summed E-state index contributed by atoms with van der Waals surface area (Å²) in [5.74, 6) is 0. The molecule has 1 heterocycles. The lowest BCUT2D eigenvalue weighted by Crippen LogP contribution is -2.52. The average Bonchev–Trinajstić information content (AvgIpc) is 2.56. The van der Waals surface area contributed by atoms with Crippen LogP contribution in [0.2, 0.25) is 0 Å². The first-order valence-electron chi connectivity index (χ1n) is 8.17. The number of nitrogens with zero attached hydrogens (tertiary/aromatic N) is 1. The molecule has 2 aromatic carbocycles. The summed E-state index contributed by atoms with van der Waals surface area (Å²) in [4.78, 5) is 0.0715. The Morgan fingerprint density at radius 2 is 1.63 bits per heavy atom. The van der Waals surface area contributed by atoms with Crippen LogP contribution < -0.4 is 0 Å². The van der Waals surface area contributed by atoms with Crippen LogP contribution in [0.3, 0.4) is 0 Å². The zero-order valence-corrected chi connectivity index (χ0v) is 15.3. The van der Waals surface area contributed by atoms with E-state index in [1.54, 1.807) is 12.1 Å². The van der Waals surface area contributed by atoms with Gasteiger partial charge in [-0.2, -0.15) is 30.9 Å². The summed E-state index contributed by atoms with van der Waals surface area (Å²) >= 11 is 0. The van der Waals surface area contributed by atoms with Crippen molar-refractivity contribution < 1.29 is 30.6 Å². The first-order chi connectivity index (χ1) is 12.6. The molecule has 1 fully saturated rings. The maximum absolute atomic E-state index is 12.5. The van der Waals surface area contributed by atoms with Crippen molar-refractivity contribution in [1.82, 2.24) is 5.06 Å². The molecular weight excluding hydrogens is 383 g/mol. The Labute approximate surface area is 155 Å². The topological polar surface area (TPSA) is 55.8 Å². The van der Waals surface area contributed by atoms with Crippen LogP contribution in [-0.4, -0.2) is 32.7 Å². The van der Waals surface area contributed by atoms with Gasteiger partial charge in [-0.15, -0.1) is 0 Å². The molecule has 146 valence electrons. The number of rotatable bonds is 6. The van der Waals surface area contributed by atoms with Gasteiger partial charge in [0.15, 0.2) is 0 Å². The Bertz CT molecular complexity index is 874. The zero-order chi connectivity index (χ0) is 19.7. The maximum Gasteiger partial charge on any atom is 0.416 e. The minimum atomic E-state index is -4.37. The van der Waals surface area contributed by atoms with Gasteiger partial charge in [0.05, 0.1) is 36.3 Å². The molecule has 2 aromatic rings. The molecule has 0 N–H and O–H groups in total.